The summed E-state index contributed by atoms with van der Waals surface area (Å²) in [5.74, 6) is 0.144. The molecule has 1 aromatic carbocycles. The van der Waals surface area contributed by atoms with Gasteiger partial charge in [0.15, 0.2) is 0 Å². The summed E-state index contributed by atoms with van der Waals surface area (Å²) in [6.07, 6.45) is 1.50. The Morgan fingerprint density at radius 1 is 1.46 bits per heavy atom. The van der Waals surface area contributed by atoms with Gasteiger partial charge in [-0.3, -0.25) is 4.79 Å². The fourth-order valence-corrected chi connectivity index (χ4v) is 1.85. The summed E-state index contributed by atoms with van der Waals surface area (Å²) in [6, 6.07) is 8.38. The number of hydrogen-bond acceptors (Lipinski definition) is 1. The lowest BCUT2D eigenvalue weighted by molar-refractivity contribution is -0.121. The van der Waals surface area contributed by atoms with Crippen LogP contribution in [0.1, 0.15) is 30.5 Å². The molecule has 0 spiro atoms. The van der Waals surface area contributed by atoms with E-state index < -0.39 is 0 Å². The first kappa shape index (κ1) is 8.30. The maximum Gasteiger partial charge on any atom is 0.224 e. The molecule has 2 nitrogen and oxygen atoms in total. The first-order valence-corrected chi connectivity index (χ1v) is 4.68. The van der Waals surface area contributed by atoms with Crippen molar-refractivity contribution in [3.05, 3.63) is 35.4 Å². The standard InChI is InChI=1S/C11H13NO/c1-2-10-9-6-4-3-5-8(9)7-11(13)12-10/h3-6,10H,2,7H2,1H3,(H,12,13). The summed E-state index contributed by atoms with van der Waals surface area (Å²) < 4.78 is 0. The molecule has 1 aliphatic rings. The van der Waals surface area contributed by atoms with E-state index >= 15 is 0 Å². The Kier molecular flexibility index (Phi) is 2.05. The Balaban J connectivity index is 2.42. The summed E-state index contributed by atoms with van der Waals surface area (Å²) in [6.45, 7) is 2.09. The van der Waals surface area contributed by atoms with Gasteiger partial charge in [-0.25, -0.2) is 0 Å². The van der Waals surface area contributed by atoms with Gasteiger partial charge >= 0.3 is 0 Å². The lowest BCUT2D eigenvalue weighted by Gasteiger charge is -2.25. The molecule has 0 aromatic heterocycles. The van der Waals surface area contributed by atoms with Crippen molar-refractivity contribution >= 4 is 5.91 Å². The zero-order chi connectivity index (χ0) is 9.26. The minimum atomic E-state index is 0.144. The van der Waals surface area contributed by atoms with Crippen molar-refractivity contribution in [2.75, 3.05) is 0 Å². The van der Waals surface area contributed by atoms with Crippen LogP contribution in [0.3, 0.4) is 0 Å². The highest BCUT2D eigenvalue weighted by Crippen LogP contribution is 2.24. The minimum absolute atomic E-state index is 0.144. The highest BCUT2D eigenvalue weighted by Gasteiger charge is 2.21. The second-order valence-corrected chi connectivity index (χ2v) is 3.40. The lowest BCUT2D eigenvalue weighted by Crippen LogP contribution is -2.34. The fraction of sp³-hybridized carbons (Fsp3) is 0.364. The monoisotopic (exact) mass is 175 g/mol. The molecule has 2 rings (SSSR count). The Morgan fingerprint density at radius 2 is 2.23 bits per heavy atom. The van der Waals surface area contributed by atoms with Crippen LogP contribution in [0.25, 0.3) is 0 Å². The molecule has 0 saturated carbocycles. The number of benzene rings is 1. The summed E-state index contributed by atoms with van der Waals surface area (Å²) >= 11 is 0. The number of nitrogens with one attached hydrogen (secondary N) is 1. The zero-order valence-corrected chi connectivity index (χ0v) is 7.71. The summed E-state index contributed by atoms with van der Waals surface area (Å²) in [4.78, 5) is 11.3. The number of rotatable bonds is 1. The van der Waals surface area contributed by atoms with Crippen molar-refractivity contribution in [2.24, 2.45) is 0 Å². The largest absolute Gasteiger partial charge is 0.349 e. The van der Waals surface area contributed by atoms with E-state index in [4.69, 9.17) is 0 Å². The zero-order valence-electron chi connectivity index (χ0n) is 7.71. The summed E-state index contributed by atoms with van der Waals surface area (Å²) in [7, 11) is 0. The van der Waals surface area contributed by atoms with Crippen LogP contribution in [-0.4, -0.2) is 5.91 Å². The second kappa shape index (κ2) is 3.21. The molecular weight excluding hydrogens is 162 g/mol. The van der Waals surface area contributed by atoms with Gasteiger partial charge < -0.3 is 5.32 Å². The third-order valence-corrected chi connectivity index (χ3v) is 2.52. The molecule has 1 N–H and O–H groups in total. The summed E-state index contributed by atoms with van der Waals surface area (Å²) in [5, 5.41) is 2.98. The van der Waals surface area contributed by atoms with E-state index in [0.717, 1.165) is 6.42 Å². The third-order valence-electron chi connectivity index (χ3n) is 2.52. The van der Waals surface area contributed by atoms with E-state index in [1.807, 2.05) is 18.2 Å². The Hall–Kier alpha value is -1.31. The van der Waals surface area contributed by atoms with Gasteiger partial charge in [0.2, 0.25) is 5.91 Å². The van der Waals surface area contributed by atoms with E-state index in [0.29, 0.717) is 6.42 Å². The second-order valence-electron chi connectivity index (χ2n) is 3.40. The maximum absolute atomic E-state index is 11.3. The van der Waals surface area contributed by atoms with E-state index in [1.165, 1.54) is 11.1 Å². The minimum Gasteiger partial charge on any atom is -0.349 e. The predicted octanol–water partition coefficient (Wildman–Crippen LogP) is 1.81. The van der Waals surface area contributed by atoms with Crippen LogP contribution < -0.4 is 5.32 Å². The smallest absolute Gasteiger partial charge is 0.224 e. The van der Waals surface area contributed by atoms with Crippen molar-refractivity contribution in [2.45, 2.75) is 25.8 Å². The average molecular weight is 175 g/mol. The van der Waals surface area contributed by atoms with Gasteiger partial charge in [-0.15, -0.1) is 0 Å². The third kappa shape index (κ3) is 1.44. The van der Waals surface area contributed by atoms with Gasteiger partial charge in [0.25, 0.3) is 0 Å². The van der Waals surface area contributed by atoms with E-state index in [2.05, 4.69) is 18.3 Å². The molecular formula is C11H13NO. The Morgan fingerprint density at radius 3 is 3.00 bits per heavy atom. The molecule has 0 bridgehead atoms. The van der Waals surface area contributed by atoms with Gasteiger partial charge in [0.1, 0.15) is 0 Å². The Labute approximate surface area is 78.0 Å². The highest BCUT2D eigenvalue weighted by molar-refractivity contribution is 5.81. The molecule has 1 heterocycles. The van der Waals surface area contributed by atoms with Crippen molar-refractivity contribution in [3.63, 3.8) is 0 Å². The molecule has 0 saturated heterocycles. The molecule has 1 amide bonds. The molecule has 0 fully saturated rings. The SMILES string of the molecule is CCC1NC(=O)Cc2ccccc21. The number of carbonyl (C=O) groups is 1. The molecule has 1 unspecified atom stereocenters. The van der Waals surface area contributed by atoms with Crippen molar-refractivity contribution in [1.29, 1.82) is 0 Å². The first-order valence-electron chi connectivity index (χ1n) is 4.68. The molecule has 1 aliphatic heterocycles. The number of amides is 1. The van der Waals surface area contributed by atoms with Crippen LogP contribution in [-0.2, 0) is 11.2 Å². The Bertz CT molecular complexity index is 333. The van der Waals surface area contributed by atoms with Crippen LogP contribution in [0.2, 0.25) is 0 Å². The molecule has 0 aliphatic carbocycles. The van der Waals surface area contributed by atoms with Gasteiger partial charge in [-0.1, -0.05) is 31.2 Å². The molecule has 13 heavy (non-hydrogen) atoms. The summed E-state index contributed by atoms with van der Waals surface area (Å²) in [5.41, 5.74) is 2.46. The maximum atomic E-state index is 11.3. The predicted molar refractivity (Wildman–Crippen MR) is 51.3 cm³/mol. The lowest BCUT2D eigenvalue weighted by atomic mass is 9.93. The highest BCUT2D eigenvalue weighted by atomic mass is 16.1. The van der Waals surface area contributed by atoms with Crippen molar-refractivity contribution in [1.82, 2.24) is 5.32 Å². The number of carbonyl (C=O) groups excluding carboxylic acids is 1. The van der Waals surface area contributed by atoms with Gasteiger partial charge in [0.05, 0.1) is 12.5 Å². The van der Waals surface area contributed by atoms with Gasteiger partial charge in [-0.2, -0.15) is 0 Å². The topological polar surface area (TPSA) is 29.1 Å². The van der Waals surface area contributed by atoms with E-state index in [1.54, 1.807) is 0 Å². The van der Waals surface area contributed by atoms with E-state index in [9.17, 15) is 4.79 Å². The number of hydrogen-bond donors (Lipinski definition) is 1. The molecule has 68 valence electrons. The van der Waals surface area contributed by atoms with Crippen LogP contribution in [0.5, 0.6) is 0 Å². The van der Waals surface area contributed by atoms with Crippen molar-refractivity contribution in [3.8, 4) is 0 Å². The van der Waals surface area contributed by atoms with Gasteiger partial charge in [-0.05, 0) is 17.5 Å². The molecule has 0 radical (unpaired) electrons. The first-order chi connectivity index (χ1) is 6.31. The number of fused-ring (bicyclic) bond motifs is 1. The normalized spacial score (nSPS) is 20.7. The molecule has 2 heteroatoms. The van der Waals surface area contributed by atoms with Gasteiger partial charge in [0, 0.05) is 0 Å². The van der Waals surface area contributed by atoms with Crippen LogP contribution in [0.15, 0.2) is 24.3 Å². The van der Waals surface area contributed by atoms with Crippen LogP contribution >= 0.6 is 0 Å². The molecule has 1 atom stereocenters. The fourth-order valence-electron chi connectivity index (χ4n) is 1.85. The molecule has 1 aromatic rings. The quantitative estimate of drug-likeness (QED) is 0.693. The average Bonchev–Trinajstić information content (AvgIpc) is 2.16. The van der Waals surface area contributed by atoms with E-state index in [-0.39, 0.29) is 11.9 Å². The van der Waals surface area contributed by atoms with Crippen molar-refractivity contribution < 1.29 is 4.79 Å². The van der Waals surface area contributed by atoms with Crippen LogP contribution in [0, 0.1) is 0 Å². The van der Waals surface area contributed by atoms with Crippen LogP contribution in [0.4, 0.5) is 0 Å².